The van der Waals surface area contributed by atoms with Crippen molar-refractivity contribution in [2.75, 3.05) is 0 Å². The Morgan fingerprint density at radius 1 is 1.42 bits per heavy atom. The predicted octanol–water partition coefficient (Wildman–Crippen LogP) is 2.81. The van der Waals surface area contributed by atoms with E-state index in [1.807, 2.05) is 31.6 Å². The molecule has 0 bridgehead atoms. The molecule has 0 aliphatic carbocycles. The van der Waals surface area contributed by atoms with E-state index in [2.05, 4.69) is 29.5 Å². The van der Waals surface area contributed by atoms with Crippen LogP contribution in [0.3, 0.4) is 0 Å². The van der Waals surface area contributed by atoms with Crippen LogP contribution >= 0.6 is 0 Å². The molecule has 4 nitrogen and oxygen atoms in total. The maximum Gasteiger partial charge on any atom is 0.130 e. The van der Waals surface area contributed by atoms with Crippen molar-refractivity contribution in [1.82, 2.24) is 9.55 Å². The van der Waals surface area contributed by atoms with Crippen molar-refractivity contribution in [3.8, 4) is 5.75 Å². The molecule has 102 valence electrons. The second-order valence-electron chi connectivity index (χ2n) is 4.79. The molecule has 2 rings (SSSR count). The number of benzene rings is 1. The van der Waals surface area contributed by atoms with Crippen LogP contribution < -0.4 is 10.5 Å². The lowest BCUT2D eigenvalue weighted by atomic mass is 10.1. The molecule has 0 radical (unpaired) electrons. The first kappa shape index (κ1) is 13.6. The molecule has 0 saturated carbocycles. The van der Waals surface area contributed by atoms with E-state index in [0.29, 0.717) is 6.61 Å². The average molecular weight is 259 g/mol. The highest BCUT2D eigenvalue weighted by Crippen LogP contribution is 2.25. The van der Waals surface area contributed by atoms with Crippen molar-refractivity contribution in [3.05, 3.63) is 47.5 Å². The molecule has 1 heterocycles. The van der Waals surface area contributed by atoms with Crippen LogP contribution in [0.25, 0.3) is 0 Å². The molecule has 19 heavy (non-hydrogen) atoms. The lowest BCUT2D eigenvalue weighted by molar-refractivity contribution is 0.291. The van der Waals surface area contributed by atoms with Crippen molar-refractivity contribution in [3.63, 3.8) is 0 Å². The van der Waals surface area contributed by atoms with E-state index in [9.17, 15) is 0 Å². The van der Waals surface area contributed by atoms with Crippen molar-refractivity contribution >= 4 is 0 Å². The van der Waals surface area contributed by atoms with Gasteiger partial charge in [0.2, 0.25) is 0 Å². The minimum Gasteiger partial charge on any atom is -0.487 e. The van der Waals surface area contributed by atoms with E-state index >= 15 is 0 Å². The van der Waals surface area contributed by atoms with E-state index < -0.39 is 0 Å². The van der Waals surface area contributed by atoms with Crippen molar-refractivity contribution in [1.29, 1.82) is 0 Å². The summed E-state index contributed by atoms with van der Waals surface area (Å²) >= 11 is 0. The molecule has 0 aliphatic heterocycles. The Balaban J connectivity index is 2.15. The number of ether oxygens (including phenoxy) is 1. The van der Waals surface area contributed by atoms with Gasteiger partial charge in [0.15, 0.2) is 0 Å². The van der Waals surface area contributed by atoms with Crippen LogP contribution in [0, 0.1) is 6.92 Å². The maximum absolute atomic E-state index is 5.99. The van der Waals surface area contributed by atoms with Crippen LogP contribution in [0.5, 0.6) is 5.75 Å². The van der Waals surface area contributed by atoms with Crippen LogP contribution in [-0.2, 0) is 13.2 Å². The Kier molecular flexibility index (Phi) is 4.22. The number of hydrogen-bond acceptors (Lipinski definition) is 3. The van der Waals surface area contributed by atoms with Gasteiger partial charge >= 0.3 is 0 Å². The minimum absolute atomic E-state index is 0.0361. The van der Waals surface area contributed by atoms with E-state index in [1.165, 1.54) is 5.56 Å². The summed E-state index contributed by atoms with van der Waals surface area (Å²) in [7, 11) is 0. The molecule has 0 amide bonds. The largest absolute Gasteiger partial charge is 0.487 e. The molecule has 0 spiro atoms. The van der Waals surface area contributed by atoms with Crippen LogP contribution in [0.4, 0.5) is 0 Å². The lowest BCUT2D eigenvalue weighted by Gasteiger charge is -2.15. The predicted molar refractivity (Wildman–Crippen MR) is 76.0 cm³/mol. The van der Waals surface area contributed by atoms with Gasteiger partial charge in [-0.25, -0.2) is 4.98 Å². The first-order valence-corrected chi connectivity index (χ1v) is 6.59. The van der Waals surface area contributed by atoms with Gasteiger partial charge in [-0.1, -0.05) is 17.7 Å². The highest BCUT2D eigenvalue weighted by Gasteiger charge is 2.09. The molecule has 0 saturated heterocycles. The number of hydrogen-bond donors (Lipinski definition) is 1. The molecule has 2 N–H and O–H groups in total. The number of aromatic nitrogens is 2. The van der Waals surface area contributed by atoms with E-state index in [0.717, 1.165) is 23.6 Å². The molecule has 0 fully saturated rings. The quantitative estimate of drug-likeness (QED) is 0.898. The highest BCUT2D eigenvalue weighted by molar-refractivity contribution is 5.38. The van der Waals surface area contributed by atoms with Crippen molar-refractivity contribution in [2.24, 2.45) is 5.73 Å². The van der Waals surface area contributed by atoms with Gasteiger partial charge in [-0.3, -0.25) is 0 Å². The number of rotatable bonds is 5. The zero-order valence-electron chi connectivity index (χ0n) is 11.8. The molecule has 1 aromatic heterocycles. The molecule has 2 aromatic rings. The summed E-state index contributed by atoms with van der Waals surface area (Å²) in [5.41, 5.74) is 9.30. The number of nitrogens with two attached hydrogens (primary N) is 1. The van der Waals surface area contributed by atoms with Crippen LogP contribution in [0.15, 0.2) is 30.7 Å². The summed E-state index contributed by atoms with van der Waals surface area (Å²) in [5, 5.41) is 0. The van der Waals surface area contributed by atoms with Gasteiger partial charge in [-0.05, 0) is 26.8 Å². The molecule has 1 atom stereocenters. The third-order valence-electron chi connectivity index (χ3n) is 3.17. The van der Waals surface area contributed by atoms with Gasteiger partial charge in [0.25, 0.3) is 0 Å². The monoisotopic (exact) mass is 259 g/mol. The van der Waals surface area contributed by atoms with Crippen molar-refractivity contribution < 1.29 is 4.74 Å². The Labute approximate surface area is 114 Å². The molecule has 4 heteroatoms. The minimum atomic E-state index is -0.0361. The van der Waals surface area contributed by atoms with Crippen LogP contribution in [0.1, 0.15) is 36.7 Å². The fraction of sp³-hybridized carbons (Fsp3) is 0.400. The van der Waals surface area contributed by atoms with E-state index in [4.69, 9.17) is 10.5 Å². The lowest BCUT2D eigenvalue weighted by Crippen LogP contribution is -2.09. The van der Waals surface area contributed by atoms with Gasteiger partial charge < -0.3 is 15.0 Å². The molecular weight excluding hydrogens is 238 g/mol. The second-order valence-corrected chi connectivity index (χ2v) is 4.79. The van der Waals surface area contributed by atoms with Crippen LogP contribution in [0.2, 0.25) is 0 Å². The normalized spacial score (nSPS) is 12.4. The first-order chi connectivity index (χ1) is 9.11. The summed E-state index contributed by atoms with van der Waals surface area (Å²) in [6.45, 7) is 7.52. The maximum atomic E-state index is 5.99. The summed E-state index contributed by atoms with van der Waals surface area (Å²) in [5.74, 6) is 0.851. The van der Waals surface area contributed by atoms with Gasteiger partial charge in [-0.2, -0.15) is 0 Å². The summed E-state index contributed by atoms with van der Waals surface area (Å²) < 4.78 is 7.97. The van der Waals surface area contributed by atoms with Gasteiger partial charge in [0, 0.05) is 18.2 Å². The smallest absolute Gasteiger partial charge is 0.130 e. The topological polar surface area (TPSA) is 53.1 Å². The molecule has 1 aromatic carbocycles. The standard InChI is InChI=1S/C15H21N3O/c1-4-18-10-17-8-13(18)9-19-15-6-5-11(2)7-14(15)12(3)16/h5-8,10,12H,4,9,16H2,1-3H3/t12-/m1/s1. The summed E-state index contributed by atoms with van der Waals surface area (Å²) in [6, 6.07) is 6.07. The fourth-order valence-corrected chi connectivity index (χ4v) is 2.06. The third kappa shape index (κ3) is 3.15. The Hall–Kier alpha value is -1.81. The van der Waals surface area contributed by atoms with Gasteiger partial charge in [0.05, 0.1) is 18.2 Å². The Morgan fingerprint density at radius 3 is 2.89 bits per heavy atom. The van der Waals surface area contributed by atoms with Crippen molar-refractivity contribution in [2.45, 2.75) is 40.0 Å². The van der Waals surface area contributed by atoms with Crippen LogP contribution in [-0.4, -0.2) is 9.55 Å². The van der Waals surface area contributed by atoms with Gasteiger partial charge in [-0.15, -0.1) is 0 Å². The Morgan fingerprint density at radius 2 is 2.21 bits per heavy atom. The number of imidazole rings is 1. The highest BCUT2D eigenvalue weighted by atomic mass is 16.5. The van der Waals surface area contributed by atoms with E-state index in [1.54, 1.807) is 0 Å². The SMILES string of the molecule is CCn1cncc1COc1ccc(C)cc1[C@@H](C)N. The number of nitrogens with zero attached hydrogens (tertiary/aromatic N) is 2. The fourth-order valence-electron chi connectivity index (χ4n) is 2.06. The zero-order valence-corrected chi connectivity index (χ0v) is 11.8. The zero-order chi connectivity index (χ0) is 13.8. The number of aryl methyl sites for hydroxylation is 2. The summed E-state index contributed by atoms with van der Waals surface area (Å²) in [4.78, 5) is 4.14. The van der Waals surface area contributed by atoms with Gasteiger partial charge in [0.1, 0.15) is 12.4 Å². The van der Waals surface area contributed by atoms with E-state index in [-0.39, 0.29) is 6.04 Å². The Bertz CT molecular complexity index is 546. The third-order valence-corrected chi connectivity index (χ3v) is 3.17. The second kappa shape index (κ2) is 5.89. The average Bonchev–Trinajstić information content (AvgIpc) is 2.84. The first-order valence-electron chi connectivity index (χ1n) is 6.59. The molecule has 0 unspecified atom stereocenters. The molecule has 0 aliphatic rings. The summed E-state index contributed by atoms with van der Waals surface area (Å²) in [6.07, 6.45) is 3.66. The molecular formula is C15H21N3O.